The minimum atomic E-state index is -0.125. The van der Waals surface area contributed by atoms with Gasteiger partial charge in [0.1, 0.15) is 0 Å². The molecule has 3 nitrogen and oxygen atoms in total. The average Bonchev–Trinajstić information content (AvgIpc) is 3.29. The van der Waals surface area contributed by atoms with Crippen LogP contribution in [-0.2, 0) is 35.7 Å². The minimum Gasteiger partial charge on any atom is -0.512 e. The summed E-state index contributed by atoms with van der Waals surface area (Å²) in [5, 5.41) is 15.9. The third-order valence-electron chi connectivity index (χ3n) is 8.98. The number of allylic oxidation sites excluding steroid dienone is 2. The zero-order valence-electron chi connectivity index (χ0n) is 26.4. The van der Waals surface area contributed by atoms with E-state index in [4.69, 9.17) is 10.1 Å². The second-order valence-corrected chi connectivity index (χ2v) is 14.4. The van der Waals surface area contributed by atoms with Crippen LogP contribution in [0.25, 0.3) is 53.0 Å². The van der Waals surface area contributed by atoms with E-state index in [1.165, 1.54) is 85.8 Å². The minimum absolute atomic E-state index is 0. The maximum absolute atomic E-state index is 10.0. The van der Waals surface area contributed by atoms with Crippen molar-refractivity contribution >= 4 is 58.8 Å². The molecule has 44 heavy (non-hydrogen) atoms. The summed E-state index contributed by atoms with van der Waals surface area (Å²) in [6.07, 6.45) is 5.58. The first-order chi connectivity index (χ1) is 20.3. The van der Waals surface area contributed by atoms with Crippen LogP contribution in [0.5, 0.6) is 0 Å². The second kappa shape index (κ2) is 11.9. The summed E-state index contributed by atoms with van der Waals surface area (Å²) in [5.74, 6) is -0.0625. The molecule has 0 unspecified atom stereocenters. The van der Waals surface area contributed by atoms with Crippen LogP contribution in [0.15, 0.2) is 78.7 Å². The monoisotopic (exact) mass is 777 g/mol. The van der Waals surface area contributed by atoms with Crippen molar-refractivity contribution in [3.63, 3.8) is 0 Å². The third kappa shape index (κ3) is 5.86. The molecule has 0 amide bonds. The van der Waals surface area contributed by atoms with Gasteiger partial charge in [0.05, 0.1) is 5.76 Å². The molecule has 1 aliphatic carbocycles. The van der Waals surface area contributed by atoms with Gasteiger partial charge >= 0.3 is 0 Å². The number of hydrogen-bond donors (Lipinski definition) is 1. The van der Waals surface area contributed by atoms with Gasteiger partial charge in [-0.1, -0.05) is 69.8 Å². The van der Waals surface area contributed by atoms with Crippen LogP contribution < -0.4 is 0 Å². The Labute approximate surface area is 277 Å². The van der Waals surface area contributed by atoms with E-state index in [2.05, 4.69) is 101 Å². The van der Waals surface area contributed by atoms with Gasteiger partial charge in [0.2, 0.25) is 0 Å². The third-order valence-corrected chi connectivity index (χ3v) is 10.1. The van der Waals surface area contributed by atoms with E-state index in [-0.39, 0.29) is 42.5 Å². The molecular formula is C39H38IrNO2S-. The van der Waals surface area contributed by atoms with Gasteiger partial charge in [-0.25, -0.2) is 0 Å². The number of carbonyl (C=O) groups excluding carboxylic acids is 1. The van der Waals surface area contributed by atoms with Crippen molar-refractivity contribution in [2.45, 2.75) is 72.1 Å². The summed E-state index contributed by atoms with van der Waals surface area (Å²) in [4.78, 5) is 14.9. The van der Waals surface area contributed by atoms with E-state index in [1.807, 2.05) is 17.5 Å². The standard InChI is InChI=1S/C34H30NS.C5H8O2.Ir/c1-20-14-23(15-21-8-6-7-9-24(20)21)32-25-17-26-27-18-28-29(34(4,5)12-11-33(28,2)3)19-31(27)36-30(26)16-22(25)10-13-35-32;1-4(6)3-5(2)7;/h6-10,13-14,16-19H,11-12H2,1-5H3;3,6H,1-2H3;/q-1;;/b;4-3-;. The number of aromatic nitrogens is 1. The smallest absolute Gasteiger partial charge is 0.155 e. The van der Waals surface area contributed by atoms with Crippen LogP contribution in [0.1, 0.15) is 71.1 Å². The zero-order chi connectivity index (χ0) is 30.7. The molecule has 6 aromatic rings. The Morgan fingerprint density at radius 3 is 2.16 bits per heavy atom. The molecule has 2 aromatic heterocycles. The Morgan fingerprint density at radius 2 is 1.50 bits per heavy atom. The van der Waals surface area contributed by atoms with Crippen LogP contribution in [0, 0.1) is 13.0 Å². The number of carbonyl (C=O) groups is 1. The molecule has 0 bridgehead atoms. The molecule has 1 N–H and O–H groups in total. The summed E-state index contributed by atoms with van der Waals surface area (Å²) in [5.41, 5.74) is 6.83. The molecule has 0 atom stereocenters. The summed E-state index contributed by atoms with van der Waals surface area (Å²) >= 11 is 1.93. The van der Waals surface area contributed by atoms with Gasteiger partial charge in [-0.2, -0.15) is 0 Å². The predicted octanol–water partition coefficient (Wildman–Crippen LogP) is 10.9. The first-order valence-electron chi connectivity index (χ1n) is 14.9. The van der Waals surface area contributed by atoms with Crippen LogP contribution in [0.4, 0.5) is 0 Å². The maximum atomic E-state index is 10.0. The molecule has 0 saturated carbocycles. The molecular weight excluding hydrogens is 739 g/mol. The van der Waals surface area contributed by atoms with Crippen molar-refractivity contribution in [2.75, 3.05) is 0 Å². The van der Waals surface area contributed by atoms with Crippen molar-refractivity contribution in [1.29, 1.82) is 0 Å². The van der Waals surface area contributed by atoms with Crippen LogP contribution in [0.3, 0.4) is 0 Å². The molecule has 7 rings (SSSR count). The number of fused-ring (bicyclic) bond motifs is 6. The van der Waals surface area contributed by atoms with Crippen LogP contribution in [-0.4, -0.2) is 15.9 Å². The van der Waals surface area contributed by atoms with E-state index in [9.17, 15) is 4.79 Å². The predicted molar refractivity (Wildman–Crippen MR) is 183 cm³/mol. The summed E-state index contributed by atoms with van der Waals surface area (Å²) < 4.78 is 2.75. The van der Waals surface area contributed by atoms with Crippen molar-refractivity contribution in [3.8, 4) is 11.3 Å². The number of hydrogen-bond acceptors (Lipinski definition) is 4. The number of thiophene rings is 1. The van der Waals surface area contributed by atoms with Crippen molar-refractivity contribution in [3.05, 3.63) is 101 Å². The quantitative estimate of drug-likeness (QED) is 0.108. The van der Waals surface area contributed by atoms with Gasteiger partial charge in [-0.15, -0.1) is 40.5 Å². The fourth-order valence-corrected chi connectivity index (χ4v) is 7.71. The van der Waals surface area contributed by atoms with Gasteiger partial charge in [0.25, 0.3) is 0 Å². The number of nitrogens with zero attached hydrogens (tertiary/aromatic N) is 1. The zero-order valence-corrected chi connectivity index (χ0v) is 29.6. The number of aryl methyl sites for hydroxylation is 1. The molecule has 1 aliphatic rings. The Hall–Kier alpha value is -3.37. The molecule has 5 heteroatoms. The molecule has 2 heterocycles. The Bertz CT molecular complexity index is 2100. The summed E-state index contributed by atoms with van der Waals surface area (Å²) in [7, 11) is 0. The molecule has 0 saturated heterocycles. The molecule has 0 aliphatic heterocycles. The van der Waals surface area contributed by atoms with Crippen LogP contribution >= 0.6 is 11.3 Å². The molecule has 4 aromatic carbocycles. The Balaban J connectivity index is 0.000000433. The van der Waals surface area contributed by atoms with Crippen LogP contribution in [0.2, 0.25) is 0 Å². The Kier molecular flexibility index (Phi) is 8.63. The summed E-state index contributed by atoms with van der Waals surface area (Å²) in [6.45, 7) is 14.7. The van der Waals surface area contributed by atoms with Crippen molar-refractivity contribution < 1.29 is 30.0 Å². The van der Waals surface area contributed by atoms with E-state index in [0.717, 1.165) is 16.6 Å². The molecule has 0 fully saturated rings. The van der Waals surface area contributed by atoms with E-state index in [1.54, 1.807) is 0 Å². The number of aliphatic hydroxyl groups is 1. The van der Waals surface area contributed by atoms with Gasteiger partial charge in [-0.3, -0.25) is 9.78 Å². The number of rotatable bonds is 2. The largest absolute Gasteiger partial charge is 0.512 e. The van der Waals surface area contributed by atoms with Gasteiger partial charge in [0, 0.05) is 58.2 Å². The molecule has 227 valence electrons. The van der Waals surface area contributed by atoms with Gasteiger partial charge in [0.15, 0.2) is 5.78 Å². The number of ketones is 1. The number of aliphatic hydroxyl groups excluding tert-OH is 1. The SMILES string of the molecule is CC(=O)/C=C(/C)O.Cc1cc(-c2nccc3cc4sc5cc6c(cc5c4cc23)C(C)(C)CCC6(C)C)[c-]c2ccccc12.[Ir]. The van der Waals surface area contributed by atoms with Crippen molar-refractivity contribution in [2.24, 2.45) is 0 Å². The first kappa shape index (κ1) is 32.0. The average molecular weight is 777 g/mol. The van der Waals surface area contributed by atoms with E-state index < -0.39 is 0 Å². The molecule has 1 radical (unpaired) electrons. The fraction of sp³-hybridized carbons (Fsp3) is 0.282. The van der Waals surface area contributed by atoms with E-state index >= 15 is 0 Å². The topological polar surface area (TPSA) is 50.2 Å². The number of pyridine rings is 1. The van der Waals surface area contributed by atoms with Gasteiger partial charge in [-0.05, 0) is 83.7 Å². The Morgan fingerprint density at radius 1 is 0.864 bits per heavy atom. The fourth-order valence-electron chi connectivity index (χ4n) is 6.55. The summed E-state index contributed by atoms with van der Waals surface area (Å²) in [6, 6.07) is 26.3. The second-order valence-electron chi connectivity index (χ2n) is 13.3. The maximum Gasteiger partial charge on any atom is 0.155 e. The van der Waals surface area contributed by atoms with E-state index in [0.29, 0.717) is 0 Å². The normalized spacial score (nSPS) is 15.5. The molecule has 0 spiro atoms. The van der Waals surface area contributed by atoms with Crippen molar-refractivity contribution in [1.82, 2.24) is 4.98 Å². The number of benzene rings is 4. The van der Waals surface area contributed by atoms with Gasteiger partial charge < -0.3 is 5.11 Å². The first-order valence-corrected chi connectivity index (χ1v) is 15.8.